The van der Waals surface area contributed by atoms with Crippen molar-refractivity contribution in [3.8, 4) is 0 Å². The zero-order valence-corrected chi connectivity index (χ0v) is 15.4. The van der Waals surface area contributed by atoms with E-state index in [0.29, 0.717) is 0 Å². The van der Waals surface area contributed by atoms with Crippen LogP contribution in [-0.4, -0.2) is 42.6 Å². The first-order chi connectivity index (χ1) is 12.6. The fraction of sp³-hybridized carbons (Fsp3) is 0.429. The molecule has 2 aromatic rings. The van der Waals surface area contributed by atoms with E-state index in [-0.39, 0.29) is 23.9 Å². The number of nitrogens with one attached hydrogen (secondary N) is 1. The molecule has 0 unspecified atom stereocenters. The third-order valence-corrected chi connectivity index (χ3v) is 5.36. The Morgan fingerprint density at radius 3 is 2.73 bits per heavy atom. The van der Waals surface area contributed by atoms with Crippen LogP contribution in [0.3, 0.4) is 0 Å². The lowest BCUT2D eigenvalue weighted by molar-refractivity contribution is -0.126. The molecule has 2 atom stereocenters. The molecule has 1 fully saturated rings. The van der Waals surface area contributed by atoms with Crippen molar-refractivity contribution in [1.82, 2.24) is 10.3 Å². The molecule has 1 amide bonds. The predicted molar refractivity (Wildman–Crippen MR) is 104 cm³/mol. The van der Waals surface area contributed by atoms with Crippen molar-refractivity contribution in [2.45, 2.75) is 32.4 Å². The smallest absolute Gasteiger partial charge is 0.225 e. The largest absolute Gasteiger partial charge is 0.364 e. The molecule has 1 saturated heterocycles. The van der Waals surface area contributed by atoms with Gasteiger partial charge in [0.2, 0.25) is 5.91 Å². The van der Waals surface area contributed by atoms with Crippen LogP contribution in [0.4, 0.5) is 11.5 Å². The maximum absolute atomic E-state index is 12.9. The van der Waals surface area contributed by atoms with Gasteiger partial charge in [0.15, 0.2) is 0 Å². The zero-order valence-electron chi connectivity index (χ0n) is 15.4. The molecule has 2 aliphatic rings. The number of benzene rings is 1. The molecule has 0 bridgehead atoms. The minimum atomic E-state index is -0.0428. The predicted octanol–water partition coefficient (Wildman–Crippen LogP) is 2.47. The second-order valence-electron chi connectivity index (χ2n) is 7.50. The van der Waals surface area contributed by atoms with Gasteiger partial charge in [0, 0.05) is 37.6 Å². The fourth-order valence-corrected chi connectivity index (χ4v) is 4.20. The van der Waals surface area contributed by atoms with E-state index in [4.69, 9.17) is 0 Å². The average molecular weight is 350 g/mol. The van der Waals surface area contributed by atoms with Gasteiger partial charge in [0.05, 0.1) is 12.0 Å². The number of anilines is 2. The van der Waals surface area contributed by atoms with E-state index in [1.54, 1.807) is 0 Å². The summed E-state index contributed by atoms with van der Waals surface area (Å²) >= 11 is 0. The molecule has 26 heavy (non-hydrogen) atoms. The summed E-state index contributed by atoms with van der Waals surface area (Å²) in [6.07, 6.45) is 2.63. The van der Waals surface area contributed by atoms with E-state index in [1.165, 1.54) is 11.3 Å². The highest BCUT2D eigenvalue weighted by Gasteiger charge is 2.41. The summed E-state index contributed by atoms with van der Waals surface area (Å²) in [6.45, 7) is 6.69. The number of pyridine rings is 1. The van der Waals surface area contributed by atoms with Gasteiger partial charge in [-0.1, -0.05) is 24.3 Å². The molecule has 4 rings (SSSR count). The molecule has 5 heteroatoms. The molecule has 136 valence electrons. The number of para-hydroxylation sites is 1. The number of piperazine rings is 1. The fourth-order valence-electron chi connectivity index (χ4n) is 4.20. The number of carbonyl (C=O) groups excluding carboxylic acids is 1. The highest BCUT2D eigenvalue weighted by Crippen LogP contribution is 2.36. The van der Waals surface area contributed by atoms with Gasteiger partial charge >= 0.3 is 0 Å². The van der Waals surface area contributed by atoms with Crippen molar-refractivity contribution in [2.24, 2.45) is 5.92 Å². The minimum Gasteiger partial charge on any atom is -0.364 e. The summed E-state index contributed by atoms with van der Waals surface area (Å²) in [6, 6.07) is 14.8. The Kier molecular flexibility index (Phi) is 4.53. The van der Waals surface area contributed by atoms with Gasteiger partial charge in [-0.15, -0.1) is 0 Å². The van der Waals surface area contributed by atoms with Gasteiger partial charge < -0.3 is 15.1 Å². The van der Waals surface area contributed by atoms with E-state index in [1.807, 2.05) is 32.2 Å². The monoisotopic (exact) mass is 350 g/mol. The molecule has 2 aliphatic heterocycles. The summed E-state index contributed by atoms with van der Waals surface area (Å²) in [5.41, 5.74) is 2.56. The lowest BCUT2D eigenvalue weighted by Crippen LogP contribution is -2.61. The topological polar surface area (TPSA) is 48.5 Å². The van der Waals surface area contributed by atoms with Crippen LogP contribution in [0.5, 0.6) is 0 Å². The normalized spacial score (nSPS) is 22.0. The van der Waals surface area contributed by atoms with Crippen LogP contribution < -0.4 is 15.1 Å². The van der Waals surface area contributed by atoms with Crippen molar-refractivity contribution in [2.75, 3.05) is 29.4 Å². The number of rotatable bonds is 3. The Balaban J connectivity index is 1.65. The second-order valence-corrected chi connectivity index (χ2v) is 7.50. The van der Waals surface area contributed by atoms with Crippen molar-refractivity contribution in [3.05, 3.63) is 54.2 Å². The van der Waals surface area contributed by atoms with Gasteiger partial charge in [-0.25, -0.2) is 4.98 Å². The zero-order chi connectivity index (χ0) is 18.1. The number of aromatic nitrogens is 1. The first-order valence-electron chi connectivity index (χ1n) is 9.44. The molecule has 0 saturated carbocycles. The summed E-state index contributed by atoms with van der Waals surface area (Å²) in [5.74, 6) is 1.11. The summed E-state index contributed by atoms with van der Waals surface area (Å²) in [5, 5.41) is 3.13. The van der Waals surface area contributed by atoms with Crippen molar-refractivity contribution < 1.29 is 4.79 Å². The first-order valence-corrected chi connectivity index (χ1v) is 9.44. The number of hydrogen-bond donors (Lipinski definition) is 1. The number of fused-ring (bicyclic) bond motifs is 3. The molecule has 0 radical (unpaired) electrons. The first kappa shape index (κ1) is 16.9. The van der Waals surface area contributed by atoms with Crippen LogP contribution in [0, 0.1) is 5.92 Å². The van der Waals surface area contributed by atoms with Gasteiger partial charge in [-0.3, -0.25) is 4.79 Å². The molecule has 0 aliphatic carbocycles. The van der Waals surface area contributed by atoms with Gasteiger partial charge in [-0.2, -0.15) is 0 Å². The van der Waals surface area contributed by atoms with Crippen LogP contribution in [0.1, 0.15) is 19.4 Å². The summed E-state index contributed by atoms with van der Waals surface area (Å²) in [4.78, 5) is 22.2. The SMILES string of the molecule is CC(C)NC(=O)[C@H]1Cc2ccccc2N2CCN(c3ccccn3)C[C@@H]12. The minimum absolute atomic E-state index is 0.0428. The Labute approximate surface area is 155 Å². The van der Waals surface area contributed by atoms with Crippen LogP contribution in [-0.2, 0) is 11.2 Å². The van der Waals surface area contributed by atoms with Crippen LogP contribution in [0.25, 0.3) is 0 Å². The molecule has 1 N–H and O–H groups in total. The summed E-state index contributed by atoms with van der Waals surface area (Å²) in [7, 11) is 0. The molecular weight excluding hydrogens is 324 g/mol. The standard InChI is InChI=1S/C21H26N4O/c1-15(2)23-21(26)17-13-16-7-3-4-8-18(16)25-12-11-24(14-19(17)25)20-9-5-6-10-22-20/h3-10,15,17,19H,11-14H2,1-2H3,(H,23,26)/t17-,19-/m0/s1. The lowest BCUT2D eigenvalue weighted by atomic mass is 9.83. The highest BCUT2D eigenvalue weighted by atomic mass is 16.2. The van der Waals surface area contributed by atoms with Gasteiger partial charge in [0.25, 0.3) is 0 Å². The molecule has 5 nitrogen and oxygen atoms in total. The van der Waals surface area contributed by atoms with E-state index >= 15 is 0 Å². The molecular formula is C21H26N4O. The van der Waals surface area contributed by atoms with E-state index in [2.05, 4.69) is 50.4 Å². The van der Waals surface area contributed by atoms with E-state index in [9.17, 15) is 4.79 Å². The molecule has 1 aromatic heterocycles. The summed E-state index contributed by atoms with van der Waals surface area (Å²) < 4.78 is 0. The molecule has 0 spiro atoms. The average Bonchev–Trinajstić information content (AvgIpc) is 2.67. The maximum Gasteiger partial charge on any atom is 0.225 e. The third-order valence-electron chi connectivity index (χ3n) is 5.36. The van der Waals surface area contributed by atoms with Crippen LogP contribution >= 0.6 is 0 Å². The lowest BCUT2D eigenvalue weighted by Gasteiger charge is -2.49. The maximum atomic E-state index is 12.9. The Hall–Kier alpha value is -2.56. The third kappa shape index (κ3) is 3.14. The van der Waals surface area contributed by atoms with Crippen LogP contribution in [0.2, 0.25) is 0 Å². The van der Waals surface area contributed by atoms with Crippen molar-refractivity contribution >= 4 is 17.4 Å². The van der Waals surface area contributed by atoms with E-state index in [0.717, 1.165) is 31.9 Å². The number of hydrogen-bond acceptors (Lipinski definition) is 4. The number of amides is 1. The number of carbonyl (C=O) groups is 1. The quantitative estimate of drug-likeness (QED) is 0.924. The van der Waals surface area contributed by atoms with E-state index < -0.39 is 0 Å². The van der Waals surface area contributed by atoms with Gasteiger partial charge in [-0.05, 0) is 44.0 Å². The van der Waals surface area contributed by atoms with Gasteiger partial charge in [0.1, 0.15) is 5.82 Å². The number of nitrogens with zero attached hydrogens (tertiary/aromatic N) is 3. The molecule has 3 heterocycles. The Bertz CT molecular complexity index is 777. The van der Waals surface area contributed by atoms with Crippen LogP contribution in [0.15, 0.2) is 48.7 Å². The van der Waals surface area contributed by atoms with Crippen molar-refractivity contribution in [1.29, 1.82) is 0 Å². The molecule has 1 aromatic carbocycles. The second kappa shape index (κ2) is 6.98. The Morgan fingerprint density at radius 1 is 1.15 bits per heavy atom. The van der Waals surface area contributed by atoms with Crippen molar-refractivity contribution in [3.63, 3.8) is 0 Å². The highest BCUT2D eigenvalue weighted by molar-refractivity contribution is 5.82. The Morgan fingerprint density at radius 2 is 1.96 bits per heavy atom.